The van der Waals surface area contributed by atoms with Gasteiger partial charge in [0.15, 0.2) is 0 Å². The number of halogens is 1. The summed E-state index contributed by atoms with van der Waals surface area (Å²) in [7, 11) is -1.23. The molecule has 3 aliphatic heterocycles. The molecule has 0 radical (unpaired) electrons. The van der Waals surface area contributed by atoms with E-state index in [0.717, 1.165) is 38.5 Å². The molecule has 0 N–H and O–H groups in total. The van der Waals surface area contributed by atoms with Gasteiger partial charge in [-0.1, -0.05) is 18.0 Å². The average molecular weight is 445 g/mol. The van der Waals surface area contributed by atoms with Gasteiger partial charge in [0.2, 0.25) is 21.9 Å². The average Bonchev–Trinajstić information content (AvgIpc) is 3.18. The number of ether oxygens (including phenoxy) is 2. The van der Waals surface area contributed by atoms with Crippen molar-refractivity contribution in [1.29, 1.82) is 0 Å². The summed E-state index contributed by atoms with van der Waals surface area (Å²) in [4.78, 5) is 11.0. The molecule has 8 nitrogen and oxygen atoms in total. The van der Waals surface area contributed by atoms with E-state index in [-0.39, 0.29) is 30.0 Å². The van der Waals surface area contributed by atoms with Gasteiger partial charge in [0.25, 0.3) is 0 Å². The summed E-state index contributed by atoms with van der Waals surface area (Å²) < 4.78 is 38.3. The molecule has 4 heterocycles. The summed E-state index contributed by atoms with van der Waals surface area (Å²) in [5.74, 6) is 1.12. The van der Waals surface area contributed by atoms with Crippen molar-refractivity contribution in [3.05, 3.63) is 11.2 Å². The first kappa shape index (κ1) is 21.1. The van der Waals surface area contributed by atoms with Crippen LogP contribution >= 0.6 is 11.6 Å². The lowest BCUT2D eigenvalue weighted by Gasteiger charge is -2.49. The number of hydrogen-bond donors (Lipinski definition) is 0. The predicted molar refractivity (Wildman–Crippen MR) is 111 cm³/mol. The minimum Gasteiger partial charge on any atom is -0.472 e. The molecule has 10 heteroatoms. The third kappa shape index (κ3) is 4.47. The van der Waals surface area contributed by atoms with E-state index in [1.165, 1.54) is 0 Å². The van der Waals surface area contributed by atoms with Crippen molar-refractivity contribution < 1.29 is 17.9 Å². The highest BCUT2D eigenvalue weighted by Gasteiger charge is 2.45. The van der Waals surface area contributed by atoms with Gasteiger partial charge in [0.1, 0.15) is 11.3 Å². The van der Waals surface area contributed by atoms with E-state index in [1.54, 1.807) is 17.3 Å². The molecule has 29 heavy (non-hydrogen) atoms. The molecule has 0 aromatic carbocycles. The highest BCUT2D eigenvalue weighted by Crippen LogP contribution is 2.38. The van der Waals surface area contributed by atoms with Crippen LogP contribution in [0.5, 0.6) is 5.88 Å². The normalized spacial score (nSPS) is 30.3. The van der Waals surface area contributed by atoms with Gasteiger partial charge in [-0.2, -0.15) is 9.29 Å². The zero-order chi connectivity index (χ0) is 20.6. The molecule has 0 amide bonds. The maximum Gasteiger partial charge on any atom is 0.230 e. The highest BCUT2D eigenvalue weighted by atomic mass is 35.5. The second-order valence-corrected chi connectivity index (χ2v) is 10.7. The summed E-state index contributed by atoms with van der Waals surface area (Å²) in [6.45, 7) is 2.97. The van der Waals surface area contributed by atoms with Gasteiger partial charge >= 0.3 is 0 Å². The van der Waals surface area contributed by atoms with Gasteiger partial charge < -0.3 is 14.4 Å². The Kier molecular flexibility index (Phi) is 6.20. The lowest BCUT2D eigenvalue weighted by atomic mass is 9.83. The maximum atomic E-state index is 12.6. The van der Waals surface area contributed by atoms with Gasteiger partial charge in [-0.15, -0.1) is 0 Å². The minimum atomic E-state index is -3.19. The second-order valence-electron chi connectivity index (χ2n) is 8.14. The standard InChI is InChI=1S/C19H29ClN4O4S/c1-3-29(25,26)24-13-5-4-6-14(24)10-15(9-13)23(2)19-21-17(20)11-18(22-19)28-16-7-8-27-12-16/h11,13-16H,3-10,12H2,1-2H3/t13-,14+,15-,16-/m0/s1. The van der Waals surface area contributed by atoms with Crippen molar-refractivity contribution in [3.8, 4) is 5.88 Å². The number of piperidine rings is 2. The second kappa shape index (κ2) is 8.53. The molecular formula is C19H29ClN4O4S. The fraction of sp³-hybridized carbons (Fsp3) is 0.789. The molecule has 0 unspecified atom stereocenters. The molecule has 0 aliphatic carbocycles. The fourth-order valence-corrected chi connectivity index (χ4v) is 6.53. The lowest BCUT2D eigenvalue weighted by molar-refractivity contribution is 0.109. The molecule has 162 valence electrons. The highest BCUT2D eigenvalue weighted by molar-refractivity contribution is 7.89. The Labute approximate surface area is 177 Å². The fourth-order valence-electron chi connectivity index (χ4n) is 4.77. The largest absolute Gasteiger partial charge is 0.472 e. The molecule has 2 bridgehead atoms. The van der Waals surface area contributed by atoms with Gasteiger partial charge in [0, 0.05) is 37.7 Å². The van der Waals surface area contributed by atoms with Crippen LogP contribution in [0.3, 0.4) is 0 Å². The molecule has 4 rings (SSSR count). The van der Waals surface area contributed by atoms with Crippen LogP contribution in [0.4, 0.5) is 5.95 Å². The lowest BCUT2D eigenvalue weighted by Crippen LogP contribution is -2.58. The Morgan fingerprint density at radius 1 is 1.28 bits per heavy atom. The zero-order valence-corrected chi connectivity index (χ0v) is 18.5. The summed E-state index contributed by atoms with van der Waals surface area (Å²) in [5, 5.41) is 0.335. The summed E-state index contributed by atoms with van der Waals surface area (Å²) in [6.07, 6.45) is 5.26. The van der Waals surface area contributed by atoms with Crippen molar-refractivity contribution in [3.63, 3.8) is 0 Å². The van der Waals surface area contributed by atoms with Gasteiger partial charge in [-0.3, -0.25) is 0 Å². The number of anilines is 1. The summed E-state index contributed by atoms with van der Waals surface area (Å²) >= 11 is 6.24. The first-order valence-corrected chi connectivity index (χ1v) is 12.4. The number of sulfonamides is 1. The Morgan fingerprint density at radius 2 is 2.00 bits per heavy atom. The maximum absolute atomic E-state index is 12.6. The number of fused-ring (bicyclic) bond motifs is 2. The van der Waals surface area contributed by atoms with Crippen molar-refractivity contribution in [1.82, 2.24) is 14.3 Å². The Balaban J connectivity index is 1.51. The summed E-state index contributed by atoms with van der Waals surface area (Å²) in [5.41, 5.74) is 0. The number of aromatic nitrogens is 2. The van der Waals surface area contributed by atoms with Crippen molar-refractivity contribution >= 4 is 27.6 Å². The smallest absolute Gasteiger partial charge is 0.230 e. The molecule has 3 saturated heterocycles. The van der Waals surface area contributed by atoms with E-state index in [1.807, 2.05) is 11.9 Å². The number of nitrogens with zero attached hydrogens (tertiary/aromatic N) is 4. The summed E-state index contributed by atoms with van der Waals surface area (Å²) in [6, 6.07) is 1.88. The van der Waals surface area contributed by atoms with E-state index in [9.17, 15) is 8.42 Å². The van der Waals surface area contributed by atoms with Crippen LogP contribution in [0.1, 0.15) is 45.4 Å². The molecule has 0 saturated carbocycles. The molecule has 3 aliphatic rings. The number of hydrogen-bond acceptors (Lipinski definition) is 7. The van der Waals surface area contributed by atoms with Crippen LogP contribution in [0.2, 0.25) is 5.15 Å². The quantitative estimate of drug-likeness (QED) is 0.623. The first-order valence-electron chi connectivity index (χ1n) is 10.4. The van der Waals surface area contributed by atoms with Crippen molar-refractivity contribution in [2.75, 3.05) is 30.9 Å². The van der Waals surface area contributed by atoms with Crippen LogP contribution in [-0.2, 0) is 14.8 Å². The van der Waals surface area contributed by atoms with E-state index in [2.05, 4.69) is 9.97 Å². The molecular weight excluding hydrogens is 416 g/mol. The van der Waals surface area contributed by atoms with Crippen LogP contribution in [-0.4, -0.2) is 72.9 Å². The van der Waals surface area contributed by atoms with E-state index in [0.29, 0.717) is 30.2 Å². The Hall–Kier alpha value is -1.16. The molecule has 0 spiro atoms. The molecule has 1 aromatic heterocycles. The van der Waals surface area contributed by atoms with E-state index >= 15 is 0 Å². The van der Waals surface area contributed by atoms with Gasteiger partial charge in [0.05, 0.1) is 19.0 Å². The predicted octanol–water partition coefficient (Wildman–Crippen LogP) is 2.47. The third-order valence-electron chi connectivity index (χ3n) is 6.27. The molecule has 1 aromatic rings. The van der Waals surface area contributed by atoms with E-state index < -0.39 is 10.0 Å². The zero-order valence-electron chi connectivity index (χ0n) is 17.0. The van der Waals surface area contributed by atoms with Gasteiger partial charge in [-0.05, 0) is 32.6 Å². The van der Waals surface area contributed by atoms with Crippen LogP contribution in [0.15, 0.2) is 6.07 Å². The Bertz CT molecular complexity index is 819. The van der Waals surface area contributed by atoms with E-state index in [4.69, 9.17) is 21.1 Å². The minimum absolute atomic E-state index is 0.0130. The number of rotatable bonds is 6. The van der Waals surface area contributed by atoms with Crippen molar-refractivity contribution in [2.45, 2.75) is 69.7 Å². The molecule has 4 atom stereocenters. The SMILES string of the molecule is CCS(=O)(=O)N1[C@@H]2CCC[C@H]1C[C@H](N(C)c1nc(Cl)cc(O[C@H]3CCOC3)n1)C2. The Morgan fingerprint density at radius 3 is 2.62 bits per heavy atom. The van der Waals surface area contributed by atoms with Gasteiger partial charge in [-0.25, -0.2) is 13.4 Å². The monoisotopic (exact) mass is 444 g/mol. The topological polar surface area (TPSA) is 84.9 Å². The van der Waals surface area contributed by atoms with Crippen LogP contribution < -0.4 is 9.64 Å². The van der Waals surface area contributed by atoms with Crippen LogP contribution in [0, 0.1) is 0 Å². The molecule has 3 fully saturated rings. The van der Waals surface area contributed by atoms with Crippen molar-refractivity contribution in [2.24, 2.45) is 0 Å². The third-order valence-corrected chi connectivity index (χ3v) is 8.43. The van der Waals surface area contributed by atoms with Crippen LogP contribution in [0.25, 0.3) is 0 Å². The first-order chi connectivity index (χ1) is 13.9.